The van der Waals surface area contributed by atoms with Gasteiger partial charge in [0.1, 0.15) is 12.0 Å². The molecule has 0 amide bonds. The number of H-pyrrole nitrogens is 1. The Morgan fingerprint density at radius 3 is 2.76 bits per heavy atom. The lowest BCUT2D eigenvalue weighted by Crippen LogP contribution is -2.07. The number of aromatic amines is 1. The Balaban J connectivity index is 2.69. The molecule has 2 rings (SSSR count). The van der Waals surface area contributed by atoms with Crippen molar-refractivity contribution >= 4 is 25.8 Å². The summed E-state index contributed by atoms with van der Waals surface area (Å²) in [6.45, 7) is 1.58. The van der Waals surface area contributed by atoms with Crippen molar-refractivity contribution in [3.05, 3.63) is 23.1 Å². The van der Waals surface area contributed by atoms with E-state index in [4.69, 9.17) is 0 Å². The number of rotatable bonds is 3. The van der Waals surface area contributed by atoms with E-state index in [1.165, 1.54) is 18.6 Å². The van der Waals surface area contributed by atoms with Gasteiger partial charge in [0.15, 0.2) is 15.7 Å². The minimum atomic E-state index is -3.36. The summed E-state index contributed by atoms with van der Waals surface area (Å²) in [5.74, 6) is 0.344. The van der Waals surface area contributed by atoms with E-state index in [0.717, 1.165) is 0 Å². The van der Waals surface area contributed by atoms with E-state index in [0.29, 0.717) is 10.3 Å². The molecule has 1 N–H and O–H groups in total. The molecule has 0 saturated heterocycles. The number of aromatic nitrogens is 4. The average molecular weight is 317 g/mol. The van der Waals surface area contributed by atoms with Crippen LogP contribution in [0.2, 0.25) is 0 Å². The van der Waals surface area contributed by atoms with Crippen molar-refractivity contribution in [2.45, 2.75) is 11.8 Å². The van der Waals surface area contributed by atoms with Crippen LogP contribution in [0.3, 0.4) is 0 Å². The van der Waals surface area contributed by atoms with Crippen molar-refractivity contribution < 1.29 is 8.42 Å². The molecule has 0 fully saturated rings. The Kier molecular flexibility index (Phi) is 3.25. The van der Waals surface area contributed by atoms with Crippen LogP contribution >= 0.6 is 15.9 Å². The monoisotopic (exact) mass is 316 g/mol. The topological polar surface area (TPSA) is 88.6 Å². The Morgan fingerprint density at radius 1 is 1.41 bits per heavy atom. The van der Waals surface area contributed by atoms with Crippen LogP contribution < -0.4 is 0 Å². The second-order valence-electron chi connectivity index (χ2n) is 3.24. The third kappa shape index (κ3) is 2.37. The van der Waals surface area contributed by atoms with Crippen molar-refractivity contribution in [1.82, 2.24) is 20.2 Å². The summed E-state index contributed by atoms with van der Waals surface area (Å²) in [5, 5.41) is 6.29. The van der Waals surface area contributed by atoms with E-state index >= 15 is 0 Å². The van der Waals surface area contributed by atoms with Crippen molar-refractivity contribution in [2.24, 2.45) is 0 Å². The zero-order valence-corrected chi connectivity index (χ0v) is 11.3. The fraction of sp³-hybridized carbons (Fsp3) is 0.222. The van der Waals surface area contributed by atoms with Crippen LogP contribution in [0.15, 0.2) is 28.0 Å². The second-order valence-corrected chi connectivity index (χ2v) is 6.40. The highest BCUT2D eigenvalue weighted by Gasteiger charge is 2.20. The van der Waals surface area contributed by atoms with Crippen LogP contribution in [0.4, 0.5) is 0 Å². The fourth-order valence-corrected chi connectivity index (χ4v) is 2.86. The van der Waals surface area contributed by atoms with Gasteiger partial charge in [0.2, 0.25) is 0 Å². The van der Waals surface area contributed by atoms with Gasteiger partial charge in [-0.2, -0.15) is 5.10 Å². The predicted octanol–water partition coefficient (Wildman–Crippen LogP) is 1.42. The molecule has 0 unspecified atom stereocenters. The van der Waals surface area contributed by atoms with Gasteiger partial charge in [0.25, 0.3) is 0 Å². The number of nitrogens with one attached hydrogen (secondary N) is 1. The number of pyridine rings is 1. The standard InChI is InChI=1S/C9H9BrN4O2S/c1-2-17(15,16)7-3-6(10)4-11-8(7)9-12-5-13-14-9/h3-5H,2H2,1H3,(H,12,13,14). The zero-order chi connectivity index (χ0) is 12.5. The maximum Gasteiger partial charge on any atom is 0.180 e. The smallest absolute Gasteiger partial charge is 0.180 e. The lowest BCUT2D eigenvalue weighted by Gasteiger charge is -2.06. The molecular formula is C9H9BrN4O2S. The van der Waals surface area contributed by atoms with Crippen molar-refractivity contribution in [3.8, 4) is 11.5 Å². The average Bonchev–Trinajstić information content (AvgIpc) is 2.82. The summed E-state index contributed by atoms with van der Waals surface area (Å²) in [7, 11) is -3.36. The molecule has 0 radical (unpaired) electrons. The molecular weight excluding hydrogens is 308 g/mol. The van der Waals surface area contributed by atoms with Gasteiger partial charge in [-0.3, -0.25) is 10.1 Å². The van der Waals surface area contributed by atoms with Crippen LogP contribution in [0.25, 0.3) is 11.5 Å². The minimum absolute atomic E-state index is 0.00622. The summed E-state index contributed by atoms with van der Waals surface area (Å²) in [5.41, 5.74) is 0.285. The Bertz CT molecular complexity index is 624. The van der Waals surface area contributed by atoms with Gasteiger partial charge in [-0.05, 0) is 22.0 Å². The summed E-state index contributed by atoms with van der Waals surface area (Å²) in [6, 6.07) is 1.52. The SMILES string of the molecule is CCS(=O)(=O)c1cc(Br)cnc1-c1ncn[nH]1. The molecule has 0 aliphatic rings. The maximum atomic E-state index is 11.9. The molecule has 6 nitrogen and oxygen atoms in total. The largest absolute Gasteiger partial charge is 0.258 e. The van der Waals surface area contributed by atoms with Crippen molar-refractivity contribution in [3.63, 3.8) is 0 Å². The van der Waals surface area contributed by atoms with Crippen molar-refractivity contribution in [1.29, 1.82) is 0 Å². The zero-order valence-electron chi connectivity index (χ0n) is 8.88. The first-order chi connectivity index (χ1) is 8.04. The van der Waals surface area contributed by atoms with Gasteiger partial charge < -0.3 is 0 Å². The van der Waals surface area contributed by atoms with Gasteiger partial charge in [0, 0.05) is 10.7 Å². The van der Waals surface area contributed by atoms with Crippen molar-refractivity contribution in [2.75, 3.05) is 5.75 Å². The third-order valence-corrected chi connectivity index (χ3v) is 4.35. The number of hydrogen-bond donors (Lipinski definition) is 1. The normalized spacial score (nSPS) is 11.6. The molecule has 2 aromatic rings. The molecule has 0 atom stereocenters. The third-order valence-electron chi connectivity index (χ3n) is 2.17. The first kappa shape index (κ1) is 12.2. The molecule has 2 heterocycles. The van der Waals surface area contributed by atoms with Crippen LogP contribution in [0, 0.1) is 0 Å². The highest BCUT2D eigenvalue weighted by atomic mass is 79.9. The Morgan fingerprint density at radius 2 is 2.18 bits per heavy atom. The predicted molar refractivity (Wildman–Crippen MR) is 65.0 cm³/mol. The first-order valence-corrected chi connectivity index (χ1v) is 7.23. The van der Waals surface area contributed by atoms with E-state index in [1.54, 1.807) is 6.92 Å². The number of hydrogen-bond acceptors (Lipinski definition) is 5. The van der Waals surface area contributed by atoms with E-state index in [-0.39, 0.29) is 16.3 Å². The molecule has 0 spiro atoms. The van der Waals surface area contributed by atoms with Crippen LogP contribution in [0.1, 0.15) is 6.92 Å². The molecule has 0 aromatic carbocycles. The van der Waals surface area contributed by atoms with E-state index in [1.807, 2.05) is 0 Å². The first-order valence-electron chi connectivity index (χ1n) is 4.78. The minimum Gasteiger partial charge on any atom is -0.258 e. The van der Waals surface area contributed by atoms with Crippen LogP contribution in [0.5, 0.6) is 0 Å². The van der Waals surface area contributed by atoms with Gasteiger partial charge in [0.05, 0.1) is 10.6 Å². The van der Waals surface area contributed by atoms with E-state index < -0.39 is 9.84 Å². The van der Waals surface area contributed by atoms with Gasteiger partial charge in [-0.25, -0.2) is 13.4 Å². The lowest BCUT2D eigenvalue weighted by atomic mass is 10.3. The maximum absolute atomic E-state index is 11.9. The molecule has 17 heavy (non-hydrogen) atoms. The molecule has 2 aromatic heterocycles. The van der Waals surface area contributed by atoms with Gasteiger partial charge in [-0.1, -0.05) is 6.92 Å². The number of nitrogens with zero attached hydrogens (tertiary/aromatic N) is 3. The summed E-state index contributed by atoms with van der Waals surface area (Å²) >= 11 is 3.21. The van der Waals surface area contributed by atoms with Crippen LogP contribution in [-0.4, -0.2) is 34.3 Å². The molecule has 0 aliphatic carbocycles. The second kappa shape index (κ2) is 4.53. The number of halogens is 1. The molecule has 90 valence electrons. The molecule has 0 bridgehead atoms. The van der Waals surface area contributed by atoms with Crippen LogP contribution in [-0.2, 0) is 9.84 Å². The summed E-state index contributed by atoms with van der Waals surface area (Å²) in [6.07, 6.45) is 2.83. The number of sulfone groups is 1. The highest BCUT2D eigenvalue weighted by Crippen LogP contribution is 2.25. The molecule has 8 heteroatoms. The Hall–Kier alpha value is -1.28. The molecule has 0 aliphatic heterocycles. The van der Waals surface area contributed by atoms with E-state index in [2.05, 4.69) is 36.1 Å². The van der Waals surface area contributed by atoms with Gasteiger partial charge >= 0.3 is 0 Å². The summed E-state index contributed by atoms with van der Waals surface area (Å²) < 4.78 is 24.5. The highest BCUT2D eigenvalue weighted by molar-refractivity contribution is 9.10. The Labute approximate surface area is 107 Å². The molecule has 0 saturated carbocycles. The van der Waals surface area contributed by atoms with E-state index in [9.17, 15) is 8.42 Å². The fourth-order valence-electron chi connectivity index (χ4n) is 1.31. The van der Waals surface area contributed by atoms with Gasteiger partial charge in [-0.15, -0.1) is 0 Å². The lowest BCUT2D eigenvalue weighted by molar-refractivity contribution is 0.597. The quantitative estimate of drug-likeness (QED) is 0.925. The summed E-state index contributed by atoms with van der Waals surface area (Å²) in [4.78, 5) is 8.14.